The monoisotopic (exact) mass is 194 g/mol. The SMILES string of the molecule is CC(C)c1cn2ccnc2cc1Cl. The summed E-state index contributed by atoms with van der Waals surface area (Å²) in [5.41, 5.74) is 2.06. The molecule has 0 saturated carbocycles. The van der Waals surface area contributed by atoms with Gasteiger partial charge in [0.1, 0.15) is 5.65 Å². The van der Waals surface area contributed by atoms with Crippen molar-refractivity contribution in [3.05, 3.63) is 35.2 Å². The van der Waals surface area contributed by atoms with Crippen molar-refractivity contribution in [2.45, 2.75) is 19.8 Å². The maximum absolute atomic E-state index is 6.10. The Morgan fingerprint density at radius 1 is 1.46 bits per heavy atom. The molecule has 2 aromatic rings. The number of fused-ring (bicyclic) bond motifs is 1. The Morgan fingerprint density at radius 2 is 2.23 bits per heavy atom. The fourth-order valence-electron chi connectivity index (χ4n) is 1.38. The van der Waals surface area contributed by atoms with Crippen LogP contribution >= 0.6 is 11.6 Å². The van der Waals surface area contributed by atoms with Crippen LogP contribution in [0, 0.1) is 0 Å². The third-order valence-electron chi connectivity index (χ3n) is 2.13. The molecule has 0 aliphatic heterocycles. The first-order valence-corrected chi connectivity index (χ1v) is 4.68. The van der Waals surface area contributed by atoms with Gasteiger partial charge in [-0.1, -0.05) is 25.4 Å². The van der Waals surface area contributed by atoms with E-state index in [-0.39, 0.29) is 0 Å². The molecule has 0 N–H and O–H groups in total. The van der Waals surface area contributed by atoms with E-state index in [1.165, 1.54) is 0 Å². The van der Waals surface area contributed by atoms with Gasteiger partial charge in [0.15, 0.2) is 0 Å². The van der Waals surface area contributed by atoms with Crippen LogP contribution in [-0.4, -0.2) is 9.38 Å². The number of nitrogens with zero attached hydrogens (tertiary/aromatic N) is 2. The van der Waals surface area contributed by atoms with E-state index in [0.29, 0.717) is 5.92 Å². The van der Waals surface area contributed by atoms with Crippen molar-refractivity contribution in [3.8, 4) is 0 Å². The van der Waals surface area contributed by atoms with Gasteiger partial charge in [-0.15, -0.1) is 0 Å². The molecule has 0 spiro atoms. The molecule has 2 heterocycles. The van der Waals surface area contributed by atoms with Crippen molar-refractivity contribution >= 4 is 17.2 Å². The van der Waals surface area contributed by atoms with Gasteiger partial charge >= 0.3 is 0 Å². The summed E-state index contributed by atoms with van der Waals surface area (Å²) in [4.78, 5) is 4.16. The van der Waals surface area contributed by atoms with E-state index in [1.54, 1.807) is 6.20 Å². The van der Waals surface area contributed by atoms with E-state index in [0.717, 1.165) is 16.2 Å². The molecule has 0 atom stereocenters. The molecular weight excluding hydrogens is 184 g/mol. The number of hydrogen-bond donors (Lipinski definition) is 0. The van der Waals surface area contributed by atoms with Crippen LogP contribution in [0.25, 0.3) is 5.65 Å². The van der Waals surface area contributed by atoms with E-state index >= 15 is 0 Å². The van der Waals surface area contributed by atoms with Crippen molar-refractivity contribution in [2.75, 3.05) is 0 Å². The highest BCUT2D eigenvalue weighted by Gasteiger charge is 2.06. The summed E-state index contributed by atoms with van der Waals surface area (Å²) >= 11 is 6.10. The quantitative estimate of drug-likeness (QED) is 0.682. The smallest absolute Gasteiger partial charge is 0.138 e. The Morgan fingerprint density at radius 3 is 2.92 bits per heavy atom. The molecule has 0 aliphatic carbocycles. The normalized spacial score (nSPS) is 11.4. The lowest BCUT2D eigenvalue weighted by Gasteiger charge is -2.08. The van der Waals surface area contributed by atoms with Crippen molar-refractivity contribution in [2.24, 2.45) is 0 Å². The highest BCUT2D eigenvalue weighted by atomic mass is 35.5. The number of imidazole rings is 1. The zero-order valence-corrected chi connectivity index (χ0v) is 8.42. The van der Waals surface area contributed by atoms with E-state index in [9.17, 15) is 0 Å². The molecule has 0 aromatic carbocycles. The Labute approximate surface area is 82.2 Å². The van der Waals surface area contributed by atoms with Gasteiger partial charge in [0.2, 0.25) is 0 Å². The molecule has 0 aliphatic rings. The number of rotatable bonds is 1. The van der Waals surface area contributed by atoms with Gasteiger partial charge in [-0.3, -0.25) is 0 Å². The maximum Gasteiger partial charge on any atom is 0.138 e. The molecule has 0 unspecified atom stereocenters. The fourth-order valence-corrected chi connectivity index (χ4v) is 1.74. The maximum atomic E-state index is 6.10. The molecule has 0 bridgehead atoms. The summed E-state index contributed by atoms with van der Waals surface area (Å²) < 4.78 is 1.99. The molecule has 0 amide bonds. The van der Waals surface area contributed by atoms with Gasteiger partial charge in [0, 0.05) is 29.7 Å². The second kappa shape index (κ2) is 3.04. The van der Waals surface area contributed by atoms with Gasteiger partial charge in [0.25, 0.3) is 0 Å². The van der Waals surface area contributed by atoms with Gasteiger partial charge < -0.3 is 4.40 Å². The van der Waals surface area contributed by atoms with E-state index < -0.39 is 0 Å². The fraction of sp³-hybridized carbons (Fsp3) is 0.300. The molecule has 2 nitrogen and oxygen atoms in total. The molecule has 13 heavy (non-hydrogen) atoms. The lowest BCUT2D eigenvalue weighted by atomic mass is 10.1. The van der Waals surface area contributed by atoms with Crippen molar-refractivity contribution in [1.29, 1.82) is 0 Å². The molecule has 0 radical (unpaired) electrons. The second-order valence-corrected chi connectivity index (χ2v) is 3.83. The third kappa shape index (κ3) is 1.42. The van der Waals surface area contributed by atoms with Crippen LogP contribution in [-0.2, 0) is 0 Å². The highest BCUT2D eigenvalue weighted by Crippen LogP contribution is 2.24. The first kappa shape index (κ1) is 8.57. The van der Waals surface area contributed by atoms with Crippen LogP contribution in [0.15, 0.2) is 24.7 Å². The predicted octanol–water partition coefficient (Wildman–Crippen LogP) is 3.11. The highest BCUT2D eigenvalue weighted by molar-refractivity contribution is 6.31. The van der Waals surface area contributed by atoms with Crippen LogP contribution in [0.1, 0.15) is 25.3 Å². The second-order valence-electron chi connectivity index (χ2n) is 3.42. The Bertz CT molecular complexity index is 431. The standard InChI is InChI=1S/C10H11ClN2/c1-7(2)8-6-13-4-3-12-10(13)5-9(8)11/h3-7H,1-2H3. The van der Waals surface area contributed by atoms with Crippen LogP contribution in [0.4, 0.5) is 0 Å². The zero-order chi connectivity index (χ0) is 9.42. The van der Waals surface area contributed by atoms with E-state index in [1.807, 2.05) is 22.9 Å². The number of pyridine rings is 1. The van der Waals surface area contributed by atoms with E-state index in [2.05, 4.69) is 18.8 Å². The molecule has 2 rings (SSSR count). The molecule has 68 valence electrons. The minimum absolute atomic E-state index is 0.444. The lowest BCUT2D eigenvalue weighted by Crippen LogP contribution is -1.93. The number of hydrogen-bond acceptors (Lipinski definition) is 1. The largest absolute Gasteiger partial charge is 0.307 e. The third-order valence-corrected chi connectivity index (χ3v) is 2.46. The van der Waals surface area contributed by atoms with Gasteiger partial charge in [-0.05, 0) is 11.5 Å². The Balaban J connectivity index is 2.69. The summed E-state index contributed by atoms with van der Waals surface area (Å²) in [5, 5.41) is 0.800. The first-order valence-electron chi connectivity index (χ1n) is 4.30. The molecule has 3 heteroatoms. The van der Waals surface area contributed by atoms with Crippen LogP contribution in [0.3, 0.4) is 0 Å². The minimum Gasteiger partial charge on any atom is -0.307 e. The Kier molecular flexibility index (Phi) is 2.00. The number of aromatic nitrogens is 2. The lowest BCUT2D eigenvalue weighted by molar-refractivity contribution is 0.854. The van der Waals surface area contributed by atoms with Crippen molar-refractivity contribution < 1.29 is 0 Å². The molecule has 0 saturated heterocycles. The van der Waals surface area contributed by atoms with Gasteiger partial charge in [-0.25, -0.2) is 4.98 Å². The zero-order valence-electron chi connectivity index (χ0n) is 7.66. The summed E-state index contributed by atoms with van der Waals surface area (Å²) in [5.74, 6) is 0.444. The topological polar surface area (TPSA) is 17.3 Å². The average Bonchev–Trinajstić information content (AvgIpc) is 2.48. The predicted molar refractivity (Wildman–Crippen MR) is 54.3 cm³/mol. The van der Waals surface area contributed by atoms with Crippen molar-refractivity contribution in [3.63, 3.8) is 0 Å². The number of halogens is 1. The van der Waals surface area contributed by atoms with Crippen LogP contribution in [0.2, 0.25) is 5.02 Å². The summed E-state index contributed by atoms with van der Waals surface area (Å²) in [6, 6.07) is 1.90. The van der Waals surface area contributed by atoms with Crippen LogP contribution in [0.5, 0.6) is 0 Å². The minimum atomic E-state index is 0.444. The first-order chi connectivity index (χ1) is 6.18. The van der Waals surface area contributed by atoms with Crippen LogP contribution < -0.4 is 0 Å². The molecule has 0 fully saturated rings. The van der Waals surface area contributed by atoms with E-state index in [4.69, 9.17) is 11.6 Å². The van der Waals surface area contributed by atoms with Gasteiger partial charge in [0.05, 0.1) is 0 Å². The molecule has 2 aromatic heterocycles. The summed E-state index contributed by atoms with van der Waals surface area (Å²) in [6.45, 7) is 4.26. The summed E-state index contributed by atoms with van der Waals surface area (Å²) in [6.07, 6.45) is 5.74. The van der Waals surface area contributed by atoms with Gasteiger partial charge in [-0.2, -0.15) is 0 Å². The van der Waals surface area contributed by atoms with Crippen molar-refractivity contribution in [1.82, 2.24) is 9.38 Å². The summed E-state index contributed by atoms with van der Waals surface area (Å²) in [7, 11) is 0. The molecular formula is C10H11ClN2. The average molecular weight is 195 g/mol. The Hall–Kier alpha value is -1.02.